The molecule has 1 aliphatic heterocycles. The summed E-state index contributed by atoms with van der Waals surface area (Å²) in [6.07, 6.45) is 5.46. The molecule has 0 saturated carbocycles. The van der Waals surface area contributed by atoms with Gasteiger partial charge in [-0.3, -0.25) is 9.78 Å². The molecular formula is C16H17NO2S. The minimum Gasteiger partial charge on any atom is -0.378 e. The third-order valence-corrected chi connectivity index (χ3v) is 4.13. The number of benzene rings is 1. The summed E-state index contributed by atoms with van der Waals surface area (Å²) < 4.78 is 5.57. The highest BCUT2D eigenvalue weighted by Gasteiger charge is 2.18. The first kappa shape index (κ1) is 13.6. The number of pyridine rings is 1. The topological polar surface area (TPSA) is 39.2 Å². The van der Waals surface area contributed by atoms with Gasteiger partial charge in [0.25, 0.3) is 0 Å². The molecule has 1 fully saturated rings. The van der Waals surface area contributed by atoms with Crippen molar-refractivity contribution in [1.29, 1.82) is 0 Å². The van der Waals surface area contributed by atoms with Crippen molar-refractivity contribution >= 4 is 29.3 Å². The molecule has 1 saturated heterocycles. The summed E-state index contributed by atoms with van der Waals surface area (Å²) in [7, 11) is 0. The SMILES string of the molecule is O=C(CCC1CCCO1)c1ccnc2c(S)cccc12. The van der Waals surface area contributed by atoms with Gasteiger partial charge >= 0.3 is 0 Å². The van der Waals surface area contributed by atoms with Crippen molar-refractivity contribution in [2.24, 2.45) is 0 Å². The molecule has 1 aromatic carbocycles. The summed E-state index contributed by atoms with van der Waals surface area (Å²) in [5.41, 5.74) is 1.53. The monoisotopic (exact) mass is 287 g/mol. The van der Waals surface area contributed by atoms with E-state index < -0.39 is 0 Å². The summed E-state index contributed by atoms with van der Waals surface area (Å²) in [6, 6.07) is 7.52. The van der Waals surface area contributed by atoms with Crippen LogP contribution in [0.25, 0.3) is 10.9 Å². The summed E-state index contributed by atoms with van der Waals surface area (Å²) in [6.45, 7) is 0.833. The Labute approximate surface area is 123 Å². The molecule has 1 atom stereocenters. The summed E-state index contributed by atoms with van der Waals surface area (Å²) in [5.74, 6) is 0.159. The van der Waals surface area contributed by atoms with Crippen molar-refractivity contribution in [3.05, 3.63) is 36.0 Å². The van der Waals surface area contributed by atoms with Gasteiger partial charge in [-0.2, -0.15) is 0 Å². The average molecular weight is 287 g/mol. The Bertz CT molecular complexity index is 635. The fraction of sp³-hybridized carbons (Fsp3) is 0.375. The Kier molecular flexibility index (Phi) is 4.03. The fourth-order valence-electron chi connectivity index (χ4n) is 2.70. The predicted octanol–water partition coefficient (Wildman–Crippen LogP) is 3.67. The van der Waals surface area contributed by atoms with E-state index in [1.807, 2.05) is 18.2 Å². The van der Waals surface area contributed by atoms with Crippen molar-refractivity contribution in [2.75, 3.05) is 6.61 Å². The second-order valence-electron chi connectivity index (χ2n) is 5.13. The largest absolute Gasteiger partial charge is 0.378 e. The van der Waals surface area contributed by atoms with Crippen LogP contribution in [0, 0.1) is 0 Å². The van der Waals surface area contributed by atoms with Crippen LogP contribution in [0.4, 0.5) is 0 Å². The van der Waals surface area contributed by atoms with Crippen LogP contribution in [0.1, 0.15) is 36.0 Å². The number of thiol groups is 1. The van der Waals surface area contributed by atoms with E-state index in [0.29, 0.717) is 6.42 Å². The molecule has 104 valence electrons. The first-order valence-corrected chi connectivity index (χ1v) is 7.42. The van der Waals surface area contributed by atoms with Gasteiger partial charge in [0.15, 0.2) is 5.78 Å². The molecular weight excluding hydrogens is 270 g/mol. The van der Waals surface area contributed by atoms with Crippen LogP contribution in [0.5, 0.6) is 0 Å². The fourth-order valence-corrected chi connectivity index (χ4v) is 2.97. The Balaban J connectivity index is 1.82. The van der Waals surface area contributed by atoms with Crippen LogP contribution < -0.4 is 0 Å². The van der Waals surface area contributed by atoms with Gasteiger partial charge in [0, 0.05) is 35.1 Å². The maximum absolute atomic E-state index is 12.4. The molecule has 0 radical (unpaired) electrons. The first-order chi connectivity index (χ1) is 9.75. The van der Waals surface area contributed by atoms with Gasteiger partial charge in [0.05, 0.1) is 11.6 Å². The number of aromatic nitrogens is 1. The Morgan fingerprint density at radius 2 is 2.30 bits per heavy atom. The minimum atomic E-state index is 0.159. The Morgan fingerprint density at radius 1 is 1.40 bits per heavy atom. The zero-order valence-corrected chi connectivity index (χ0v) is 12.1. The number of carbonyl (C=O) groups excluding carboxylic acids is 1. The van der Waals surface area contributed by atoms with Crippen molar-refractivity contribution in [1.82, 2.24) is 4.98 Å². The second kappa shape index (κ2) is 5.94. The third-order valence-electron chi connectivity index (χ3n) is 3.77. The number of Topliss-reactive ketones (excluding diaryl/α,β-unsaturated/α-hetero) is 1. The Hall–Kier alpha value is -1.39. The summed E-state index contributed by atoms with van der Waals surface area (Å²) in [4.78, 5) is 17.5. The van der Waals surface area contributed by atoms with Gasteiger partial charge in [0.1, 0.15) is 0 Å². The number of para-hydroxylation sites is 1. The standard InChI is InChI=1S/C16H17NO2S/c18-14(7-6-11-3-2-10-19-11)12-8-9-17-16-13(12)4-1-5-15(16)20/h1,4-5,8-9,11,20H,2-3,6-7,10H2. The highest BCUT2D eigenvalue weighted by molar-refractivity contribution is 7.80. The molecule has 20 heavy (non-hydrogen) atoms. The zero-order chi connectivity index (χ0) is 13.9. The maximum Gasteiger partial charge on any atom is 0.163 e. The molecule has 1 unspecified atom stereocenters. The van der Waals surface area contributed by atoms with Gasteiger partial charge in [-0.15, -0.1) is 12.6 Å². The van der Waals surface area contributed by atoms with Gasteiger partial charge in [-0.25, -0.2) is 0 Å². The number of ketones is 1. The van der Waals surface area contributed by atoms with Crippen LogP contribution >= 0.6 is 12.6 Å². The lowest BCUT2D eigenvalue weighted by atomic mass is 10.0. The van der Waals surface area contributed by atoms with Crippen molar-refractivity contribution in [2.45, 2.75) is 36.7 Å². The molecule has 0 N–H and O–H groups in total. The third kappa shape index (κ3) is 2.72. The van der Waals surface area contributed by atoms with E-state index in [9.17, 15) is 4.79 Å². The molecule has 3 nitrogen and oxygen atoms in total. The van der Waals surface area contributed by atoms with E-state index in [-0.39, 0.29) is 11.9 Å². The van der Waals surface area contributed by atoms with E-state index in [4.69, 9.17) is 4.74 Å². The van der Waals surface area contributed by atoms with Crippen LogP contribution in [0.2, 0.25) is 0 Å². The number of ether oxygens (including phenoxy) is 1. The van der Waals surface area contributed by atoms with E-state index in [1.165, 1.54) is 0 Å². The number of hydrogen-bond donors (Lipinski definition) is 1. The van der Waals surface area contributed by atoms with Crippen LogP contribution in [-0.4, -0.2) is 23.5 Å². The molecule has 2 heterocycles. The normalized spacial score (nSPS) is 18.6. The van der Waals surface area contributed by atoms with E-state index in [1.54, 1.807) is 12.3 Å². The lowest BCUT2D eigenvalue weighted by Gasteiger charge is -2.10. The van der Waals surface area contributed by atoms with E-state index in [2.05, 4.69) is 17.6 Å². The maximum atomic E-state index is 12.4. The summed E-state index contributed by atoms with van der Waals surface area (Å²) >= 11 is 4.40. The van der Waals surface area contributed by atoms with Crippen LogP contribution in [0.3, 0.4) is 0 Å². The second-order valence-corrected chi connectivity index (χ2v) is 5.61. The van der Waals surface area contributed by atoms with Gasteiger partial charge in [0.2, 0.25) is 0 Å². The molecule has 1 aromatic heterocycles. The first-order valence-electron chi connectivity index (χ1n) is 6.97. The highest BCUT2D eigenvalue weighted by atomic mass is 32.1. The van der Waals surface area contributed by atoms with Crippen molar-refractivity contribution < 1.29 is 9.53 Å². The molecule has 0 amide bonds. The van der Waals surface area contributed by atoms with Gasteiger partial charge in [-0.1, -0.05) is 12.1 Å². The van der Waals surface area contributed by atoms with Gasteiger partial charge in [-0.05, 0) is 31.4 Å². The number of rotatable bonds is 4. The number of nitrogens with zero attached hydrogens (tertiary/aromatic N) is 1. The smallest absolute Gasteiger partial charge is 0.163 e. The predicted molar refractivity (Wildman–Crippen MR) is 81.5 cm³/mol. The molecule has 3 rings (SSSR count). The molecule has 2 aromatic rings. The lowest BCUT2D eigenvalue weighted by molar-refractivity contribution is 0.0860. The lowest BCUT2D eigenvalue weighted by Crippen LogP contribution is -2.09. The molecule has 4 heteroatoms. The molecule has 1 aliphatic rings. The van der Waals surface area contributed by atoms with Crippen LogP contribution in [-0.2, 0) is 4.74 Å². The van der Waals surface area contributed by atoms with Crippen molar-refractivity contribution in [3.8, 4) is 0 Å². The van der Waals surface area contributed by atoms with Crippen molar-refractivity contribution in [3.63, 3.8) is 0 Å². The molecule has 0 spiro atoms. The van der Waals surface area contributed by atoms with Crippen LogP contribution in [0.15, 0.2) is 35.4 Å². The van der Waals surface area contributed by atoms with E-state index >= 15 is 0 Å². The Morgan fingerprint density at radius 3 is 3.10 bits per heavy atom. The average Bonchev–Trinajstić information content (AvgIpc) is 2.98. The van der Waals surface area contributed by atoms with E-state index in [0.717, 1.165) is 47.2 Å². The minimum absolute atomic E-state index is 0.159. The van der Waals surface area contributed by atoms with Gasteiger partial charge < -0.3 is 4.74 Å². The molecule has 0 bridgehead atoms. The molecule has 0 aliphatic carbocycles. The number of fused-ring (bicyclic) bond motifs is 1. The summed E-state index contributed by atoms with van der Waals surface area (Å²) in [5, 5.41) is 0.886. The number of hydrogen-bond acceptors (Lipinski definition) is 4. The zero-order valence-electron chi connectivity index (χ0n) is 11.2. The number of carbonyl (C=O) groups is 1. The quantitative estimate of drug-likeness (QED) is 0.689. The highest BCUT2D eigenvalue weighted by Crippen LogP contribution is 2.25.